The van der Waals surface area contributed by atoms with Crippen molar-refractivity contribution in [1.82, 2.24) is 4.98 Å². The Morgan fingerprint density at radius 3 is 2.31 bits per heavy atom. The molecule has 1 aromatic heterocycles. The number of nitriles is 1. The zero-order valence-electron chi connectivity index (χ0n) is 13.6. The van der Waals surface area contributed by atoms with Gasteiger partial charge in [-0.3, -0.25) is 4.98 Å². The first-order valence-electron chi connectivity index (χ1n) is 7.44. The number of halogens is 2. The summed E-state index contributed by atoms with van der Waals surface area (Å²) < 4.78 is 51.9. The fourth-order valence-corrected chi connectivity index (χ4v) is 3.23. The predicted octanol–water partition coefficient (Wildman–Crippen LogP) is 3.97. The van der Waals surface area contributed by atoms with Crippen molar-refractivity contribution in [2.75, 3.05) is 6.26 Å². The lowest BCUT2D eigenvalue weighted by Crippen LogP contribution is -2.01. The van der Waals surface area contributed by atoms with E-state index in [9.17, 15) is 17.2 Å². The molecule has 0 saturated carbocycles. The highest BCUT2D eigenvalue weighted by molar-refractivity contribution is 7.90. The highest BCUT2D eigenvalue weighted by atomic mass is 32.2. The Morgan fingerprint density at radius 2 is 1.69 bits per heavy atom. The Labute approximate surface area is 149 Å². The van der Waals surface area contributed by atoms with Crippen LogP contribution in [0.15, 0.2) is 59.8 Å². The van der Waals surface area contributed by atoms with Crippen molar-refractivity contribution in [2.45, 2.75) is 4.90 Å². The van der Waals surface area contributed by atoms with Gasteiger partial charge in [0.1, 0.15) is 17.7 Å². The Hall–Kier alpha value is -3.11. The summed E-state index contributed by atoms with van der Waals surface area (Å²) in [5.41, 5.74) is 1.35. The topological polar surface area (TPSA) is 70.8 Å². The van der Waals surface area contributed by atoms with E-state index in [1.807, 2.05) is 6.07 Å². The second-order valence-corrected chi connectivity index (χ2v) is 7.70. The van der Waals surface area contributed by atoms with Gasteiger partial charge < -0.3 is 0 Å². The van der Waals surface area contributed by atoms with E-state index in [0.29, 0.717) is 11.1 Å². The van der Waals surface area contributed by atoms with E-state index in [4.69, 9.17) is 5.26 Å². The normalized spacial score (nSPS) is 11.2. The summed E-state index contributed by atoms with van der Waals surface area (Å²) in [6, 6.07) is 10.9. The molecular weight excluding hydrogens is 358 g/mol. The summed E-state index contributed by atoms with van der Waals surface area (Å²) in [6.07, 6.45) is 3.70. The summed E-state index contributed by atoms with van der Waals surface area (Å²) in [7, 11) is -3.66. The van der Waals surface area contributed by atoms with Gasteiger partial charge in [-0.25, -0.2) is 17.2 Å². The predicted molar refractivity (Wildman–Crippen MR) is 92.8 cm³/mol. The molecule has 2 aromatic carbocycles. The molecule has 0 amide bonds. The minimum Gasteiger partial charge on any atom is -0.263 e. The Kier molecular flexibility index (Phi) is 4.53. The highest BCUT2D eigenvalue weighted by Crippen LogP contribution is 2.36. The number of hydrogen-bond donors (Lipinski definition) is 0. The van der Waals surface area contributed by atoms with Gasteiger partial charge in [0, 0.05) is 29.8 Å². The van der Waals surface area contributed by atoms with Crippen LogP contribution in [-0.4, -0.2) is 19.7 Å². The van der Waals surface area contributed by atoms with Crippen molar-refractivity contribution in [3.63, 3.8) is 0 Å². The molecule has 3 rings (SSSR count). The van der Waals surface area contributed by atoms with Crippen LogP contribution in [0.25, 0.3) is 22.3 Å². The first-order valence-corrected chi connectivity index (χ1v) is 9.34. The smallest absolute Gasteiger partial charge is 0.175 e. The monoisotopic (exact) mass is 370 g/mol. The van der Waals surface area contributed by atoms with Crippen LogP contribution in [0.3, 0.4) is 0 Å². The minimum atomic E-state index is -3.66. The fraction of sp³-hybridized carbons (Fsp3) is 0.0526. The third-order valence-corrected chi connectivity index (χ3v) is 4.90. The van der Waals surface area contributed by atoms with E-state index < -0.39 is 21.5 Å². The number of rotatable bonds is 3. The number of sulfone groups is 1. The quantitative estimate of drug-likeness (QED) is 0.699. The molecule has 0 bridgehead atoms. The molecule has 4 nitrogen and oxygen atoms in total. The van der Waals surface area contributed by atoms with Crippen LogP contribution in [-0.2, 0) is 9.84 Å². The SMILES string of the molecule is CS(=O)(=O)c1cc(F)c(-c2cncc(C#N)c2)c(-c2ccc(F)cc2)c1. The fourth-order valence-electron chi connectivity index (χ4n) is 2.58. The standard InChI is InChI=1S/C19H12F2N2O2S/c1-26(24,25)16-7-17(13-2-4-15(20)5-3-13)19(18(21)8-16)14-6-12(9-22)10-23-11-14/h2-8,10-11H,1H3. The molecular formula is C19H12F2N2O2S. The van der Waals surface area contributed by atoms with Gasteiger partial charge in [-0.15, -0.1) is 0 Å². The van der Waals surface area contributed by atoms with Crippen LogP contribution in [0.5, 0.6) is 0 Å². The Morgan fingerprint density at radius 1 is 1.00 bits per heavy atom. The molecule has 0 unspecified atom stereocenters. The van der Waals surface area contributed by atoms with Gasteiger partial charge in [0.05, 0.1) is 10.5 Å². The third-order valence-electron chi connectivity index (χ3n) is 3.80. The van der Waals surface area contributed by atoms with Crippen molar-refractivity contribution in [1.29, 1.82) is 5.26 Å². The lowest BCUT2D eigenvalue weighted by molar-refractivity contribution is 0.596. The number of aromatic nitrogens is 1. The molecule has 0 aliphatic heterocycles. The van der Waals surface area contributed by atoms with E-state index in [1.54, 1.807) is 0 Å². The van der Waals surface area contributed by atoms with Crippen LogP contribution >= 0.6 is 0 Å². The Bertz CT molecular complexity index is 1140. The van der Waals surface area contributed by atoms with E-state index in [2.05, 4.69) is 4.98 Å². The lowest BCUT2D eigenvalue weighted by atomic mass is 9.94. The van der Waals surface area contributed by atoms with Crippen LogP contribution in [0, 0.1) is 23.0 Å². The van der Waals surface area contributed by atoms with Gasteiger partial charge >= 0.3 is 0 Å². The van der Waals surface area contributed by atoms with Gasteiger partial charge in [0.25, 0.3) is 0 Å². The summed E-state index contributed by atoms with van der Waals surface area (Å²) in [5.74, 6) is -1.24. The molecule has 0 saturated heterocycles. The third kappa shape index (κ3) is 3.46. The maximum atomic E-state index is 14.9. The van der Waals surface area contributed by atoms with Crippen LogP contribution < -0.4 is 0 Å². The van der Waals surface area contributed by atoms with Gasteiger partial charge in [-0.05, 0) is 41.5 Å². The number of benzene rings is 2. The van der Waals surface area contributed by atoms with Crippen molar-refractivity contribution in [3.8, 4) is 28.3 Å². The summed E-state index contributed by atoms with van der Waals surface area (Å²) >= 11 is 0. The molecule has 0 radical (unpaired) electrons. The zero-order chi connectivity index (χ0) is 18.9. The Balaban J connectivity index is 2.36. The number of nitrogens with zero attached hydrogens (tertiary/aromatic N) is 2. The lowest BCUT2D eigenvalue weighted by Gasteiger charge is -2.13. The molecule has 130 valence electrons. The van der Waals surface area contributed by atoms with E-state index >= 15 is 0 Å². The molecule has 3 aromatic rings. The first kappa shape index (κ1) is 17.7. The molecule has 0 fully saturated rings. The first-order chi connectivity index (χ1) is 12.3. The van der Waals surface area contributed by atoms with Crippen LogP contribution in [0.1, 0.15) is 5.56 Å². The zero-order valence-corrected chi connectivity index (χ0v) is 14.4. The van der Waals surface area contributed by atoms with Crippen LogP contribution in [0.2, 0.25) is 0 Å². The van der Waals surface area contributed by atoms with E-state index in [-0.39, 0.29) is 21.6 Å². The van der Waals surface area contributed by atoms with Crippen molar-refractivity contribution in [3.05, 3.63) is 72.1 Å². The van der Waals surface area contributed by atoms with Gasteiger partial charge in [0.15, 0.2) is 9.84 Å². The van der Waals surface area contributed by atoms with Gasteiger partial charge in [0.2, 0.25) is 0 Å². The van der Waals surface area contributed by atoms with Crippen molar-refractivity contribution < 1.29 is 17.2 Å². The molecule has 7 heteroatoms. The van der Waals surface area contributed by atoms with Crippen molar-refractivity contribution >= 4 is 9.84 Å². The van der Waals surface area contributed by atoms with Gasteiger partial charge in [-0.1, -0.05) is 12.1 Å². The van der Waals surface area contributed by atoms with E-state index in [0.717, 1.165) is 12.3 Å². The molecule has 0 N–H and O–H groups in total. The number of pyridine rings is 1. The largest absolute Gasteiger partial charge is 0.263 e. The second kappa shape index (κ2) is 6.65. The minimum absolute atomic E-state index is 0.0913. The molecule has 0 aliphatic carbocycles. The highest BCUT2D eigenvalue weighted by Gasteiger charge is 2.19. The molecule has 26 heavy (non-hydrogen) atoms. The second-order valence-electron chi connectivity index (χ2n) is 5.68. The average molecular weight is 370 g/mol. The molecule has 1 heterocycles. The van der Waals surface area contributed by atoms with Crippen LogP contribution in [0.4, 0.5) is 8.78 Å². The average Bonchev–Trinajstić information content (AvgIpc) is 2.61. The summed E-state index contributed by atoms with van der Waals surface area (Å²) in [4.78, 5) is 3.73. The maximum absolute atomic E-state index is 14.9. The van der Waals surface area contributed by atoms with E-state index in [1.165, 1.54) is 48.8 Å². The molecule has 0 aliphatic rings. The van der Waals surface area contributed by atoms with Crippen molar-refractivity contribution in [2.24, 2.45) is 0 Å². The number of hydrogen-bond acceptors (Lipinski definition) is 4. The molecule has 0 atom stereocenters. The van der Waals surface area contributed by atoms with Gasteiger partial charge in [-0.2, -0.15) is 5.26 Å². The summed E-state index contributed by atoms with van der Waals surface area (Å²) in [5, 5.41) is 9.04. The maximum Gasteiger partial charge on any atom is 0.175 e. The molecule has 0 spiro atoms. The summed E-state index contributed by atoms with van der Waals surface area (Å²) in [6.45, 7) is 0.